The van der Waals surface area contributed by atoms with E-state index in [1.807, 2.05) is 0 Å². The van der Waals surface area contributed by atoms with E-state index in [-0.39, 0.29) is 12.3 Å². The van der Waals surface area contributed by atoms with E-state index in [4.69, 9.17) is 4.74 Å². The molecule has 11 atom stereocenters. The molecule has 0 aromatic heterocycles. The summed E-state index contributed by atoms with van der Waals surface area (Å²) in [5, 5.41) is 43.2. The van der Waals surface area contributed by atoms with Gasteiger partial charge in [-0.1, -0.05) is 32.9 Å². The molecule has 0 unspecified atom stereocenters. The van der Waals surface area contributed by atoms with Gasteiger partial charge in [-0.25, -0.2) is 0 Å². The fraction of sp³-hybridized carbons (Fsp3) is 0.789. The van der Waals surface area contributed by atoms with Crippen LogP contribution in [0.4, 0.5) is 0 Å². The van der Waals surface area contributed by atoms with Crippen LogP contribution in [0.1, 0.15) is 27.2 Å². The first kappa shape index (κ1) is 18.1. The SMILES string of the molecule is C=C1C[C@H](O)[C@@H](O)[C@@]2(C)[C@@H]1[C@@H](O)C(=O)[C@@]1(C)[C@H]3C(=O)O[C@H]([C@@H]3C)[C@H](O)[C@@H]12. The minimum atomic E-state index is -1.46. The third-order valence-corrected chi connectivity index (χ3v) is 7.89. The van der Waals surface area contributed by atoms with Crippen LogP contribution < -0.4 is 0 Å². The van der Waals surface area contributed by atoms with Gasteiger partial charge < -0.3 is 25.2 Å². The van der Waals surface area contributed by atoms with Crippen molar-refractivity contribution in [1.29, 1.82) is 0 Å². The molecular formula is C19H26O7. The highest BCUT2D eigenvalue weighted by atomic mass is 16.6. The second-order valence-electron chi connectivity index (χ2n) is 9.02. The highest BCUT2D eigenvalue weighted by Crippen LogP contribution is 2.67. The molecule has 4 rings (SSSR count). The highest BCUT2D eigenvalue weighted by Gasteiger charge is 2.76. The third kappa shape index (κ3) is 1.73. The number of Topliss-reactive ketones (excluding diaryl/α,β-unsaturated/α-hetero) is 1. The standard InChI is InChI=1S/C19H26O7/c1-6-5-8(20)15(23)18(3)9(6)11(21)16(24)19(4)10-7(2)13(26-17(10)25)12(22)14(18)19/h7-15,20-23H,1,5H2,2-4H3/t7-,8+,9+,10-,11-,12+,13-,14-,15-,18+,19+/m1/s1. The third-order valence-electron chi connectivity index (χ3n) is 7.89. The van der Waals surface area contributed by atoms with E-state index in [0.29, 0.717) is 5.57 Å². The summed E-state index contributed by atoms with van der Waals surface area (Å²) in [4.78, 5) is 25.8. The molecule has 0 amide bonds. The van der Waals surface area contributed by atoms with Gasteiger partial charge in [0, 0.05) is 28.6 Å². The summed E-state index contributed by atoms with van der Waals surface area (Å²) in [6.07, 6.45) is -5.73. The number of ketones is 1. The van der Waals surface area contributed by atoms with Crippen LogP contribution in [0.3, 0.4) is 0 Å². The number of carbonyl (C=O) groups is 2. The van der Waals surface area contributed by atoms with E-state index in [0.717, 1.165) is 0 Å². The van der Waals surface area contributed by atoms with Crippen LogP contribution in [0.2, 0.25) is 0 Å². The molecular weight excluding hydrogens is 340 g/mol. The van der Waals surface area contributed by atoms with Gasteiger partial charge in [-0.05, 0) is 6.42 Å². The van der Waals surface area contributed by atoms with Crippen molar-refractivity contribution in [3.05, 3.63) is 12.2 Å². The van der Waals surface area contributed by atoms with Crippen molar-refractivity contribution in [2.75, 3.05) is 0 Å². The molecule has 0 radical (unpaired) electrons. The van der Waals surface area contributed by atoms with E-state index in [9.17, 15) is 30.0 Å². The fourth-order valence-corrected chi connectivity index (χ4v) is 6.91. The Morgan fingerprint density at radius 2 is 1.73 bits per heavy atom. The van der Waals surface area contributed by atoms with Gasteiger partial charge in [-0.3, -0.25) is 9.59 Å². The average Bonchev–Trinajstić information content (AvgIpc) is 2.80. The van der Waals surface area contributed by atoms with Crippen LogP contribution in [0.25, 0.3) is 0 Å². The summed E-state index contributed by atoms with van der Waals surface area (Å²) in [6, 6.07) is 0. The Balaban J connectivity index is 1.97. The van der Waals surface area contributed by atoms with Crippen molar-refractivity contribution in [2.24, 2.45) is 34.5 Å². The summed E-state index contributed by atoms with van der Waals surface area (Å²) in [6.45, 7) is 8.92. The molecule has 4 aliphatic rings. The second kappa shape index (κ2) is 5.16. The van der Waals surface area contributed by atoms with Gasteiger partial charge in [-0.15, -0.1) is 0 Å². The lowest BCUT2D eigenvalue weighted by Crippen LogP contribution is -2.74. The number of ether oxygens (including phenoxy) is 1. The first-order valence-electron chi connectivity index (χ1n) is 9.13. The predicted molar refractivity (Wildman–Crippen MR) is 88.5 cm³/mol. The first-order valence-corrected chi connectivity index (χ1v) is 9.13. The lowest BCUT2D eigenvalue weighted by molar-refractivity contribution is -0.242. The maximum atomic E-state index is 13.3. The number of fused-ring (bicyclic) bond motifs is 6. The van der Waals surface area contributed by atoms with Gasteiger partial charge in [0.15, 0.2) is 5.78 Å². The van der Waals surface area contributed by atoms with Crippen LogP contribution in [0, 0.1) is 34.5 Å². The van der Waals surface area contributed by atoms with E-state index >= 15 is 0 Å². The molecule has 1 aliphatic heterocycles. The van der Waals surface area contributed by atoms with Crippen molar-refractivity contribution in [3.8, 4) is 0 Å². The fourth-order valence-electron chi connectivity index (χ4n) is 6.91. The quantitative estimate of drug-likeness (QED) is 0.334. The molecule has 7 nitrogen and oxygen atoms in total. The summed E-state index contributed by atoms with van der Waals surface area (Å²) in [5.41, 5.74) is -2.15. The smallest absolute Gasteiger partial charge is 0.310 e. The second-order valence-corrected chi connectivity index (χ2v) is 9.02. The molecule has 2 bridgehead atoms. The normalized spacial score (nSPS) is 58.9. The molecule has 1 heterocycles. The van der Waals surface area contributed by atoms with Crippen molar-refractivity contribution in [3.63, 3.8) is 0 Å². The van der Waals surface area contributed by atoms with Crippen molar-refractivity contribution < 1.29 is 34.8 Å². The van der Waals surface area contributed by atoms with Gasteiger partial charge >= 0.3 is 5.97 Å². The Bertz CT molecular complexity index is 704. The molecule has 7 heteroatoms. The Kier molecular flexibility index (Phi) is 3.59. The summed E-state index contributed by atoms with van der Waals surface area (Å²) < 4.78 is 5.37. The van der Waals surface area contributed by atoms with E-state index in [1.54, 1.807) is 20.8 Å². The number of hydrogen-bond acceptors (Lipinski definition) is 7. The zero-order valence-electron chi connectivity index (χ0n) is 15.1. The zero-order chi connectivity index (χ0) is 19.3. The average molecular weight is 366 g/mol. The Hall–Kier alpha value is -1.28. The van der Waals surface area contributed by atoms with Gasteiger partial charge in [0.25, 0.3) is 0 Å². The highest BCUT2D eigenvalue weighted by molar-refractivity contribution is 5.96. The van der Waals surface area contributed by atoms with Crippen LogP contribution in [0.15, 0.2) is 12.2 Å². The molecule has 0 aromatic carbocycles. The molecule has 0 aromatic rings. The first-order chi connectivity index (χ1) is 12.0. The minimum absolute atomic E-state index is 0.0734. The molecule has 0 spiro atoms. The van der Waals surface area contributed by atoms with Crippen LogP contribution in [-0.2, 0) is 14.3 Å². The van der Waals surface area contributed by atoms with Crippen LogP contribution in [-0.4, -0.2) is 62.7 Å². The Morgan fingerprint density at radius 1 is 1.12 bits per heavy atom. The maximum absolute atomic E-state index is 13.3. The minimum Gasteiger partial charge on any atom is -0.459 e. The molecule has 144 valence electrons. The van der Waals surface area contributed by atoms with Crippen LogP contribution in [0.5, 0.6) is 0 Å². The summed E-state index contributed by atoms with van der Waals surface area (Å²) in [5.74, 6) is -3.93. The topological polar surface area (TPSA) is 124 Å². The Morgan fingerprint density at radius 3 is 2.35 bits per heavy atom. The maximum Gasteiger partial charge on any atom is 0.310 e. The molecule has 1 saturated heterocycles. The zero-order valence-corrected chi connectivity index (χ0v) is 15.1. The largest absolute Gasteiger partial charge is 0.459 e. The number of esters is 1. The Labute approximate surface area is 151 Å². The molecule has 3 saturated carbocycles. The van der Waals surface area contributed by atoms with E-state index in [1.165, 1.54) is 0 Å². The van der Waals surface area contributed by atoms with E-state index < -0.39 is 70.9 Å². The number of hydrogen-bond donors (Lipinski definition) is 4. The molecule has 26 heavy (non-hydrogen) atoms. The van der Waals surface area contributed by atoms with Gasteiger partial charge in [0.05, 0.1) is 24.2 Å². The number of aliphatic hydroxyl groups excluding tert-OH is 4. The molecule has 3 aliphatic carbocycles. The van der Waals surface area contributed by atoms with Crippen molar-refractivity contribution >= 4 is 11.8 Å². The number of aliphatic hydroxyl groups is 4. The summed E-state index contributed by atoms with van der Waals surface area (Å²) in [7, 11) is 0. The van der Waals surface area contributed by atoms with Crippen molar-refractivity contribution in [2.45, 2.75) is 57.7 Å². The lowest BCUT2D eigenvalue weighted by atomic mass is 9.39. The molecule has 4 N–H and O–H groups in total. The van der Waals surface area contributed by atoms with E-state index in [2.05, 4.69) is 6.58 Å². The number of carbonyl (C=O) groups excluding carboxylic acids is 2. The van der Waals surface area contributed by atoms with Gasteiger partial charge in [-0.2, -0.15) is 0 Å². The number of rotatable bonds is 0. The van der Waals surface area contributed by atoms with Crippen molar-refractivity contribution in [1.82, 2.24) is 0 Å². The predicted octanol–water partition coefficient (Wildman–Crippen LogP) is -0.591. The lowest BCUT2D eigenvalue weighted by Gasteiger charge is -2.65. The summed E-state index contributed by atoms with van der Waals surface area (Å²) >= 11 is 0. The van der Waals surface area contributed by atoms with Gasteiger partial charge in [0.2, 0.25) is 0 Å². The monoisotopic (exact) mass is 366 g/mol. The molecule has 4 fully saturated rings. The van der Waals surface area contributed by atoms with Gasteiger partial charge in [0.1, 0.15) is 12.2 Å². The van der Waals surface area contributed by atoms with Crippen LogP contribution >= 0.6 is 0 Å².